The number of Topliss-reactive ketones (excluding diaryl/α,β-unsaturated/α-hetero) is 2. The molecule has 38 heteroatoms. The Morgan fingerprint density at radius 1 is 0.407 bits per heavy atom. The summed E-state index contributed by atoms with van der Waals surface area (Å²) < 4.78 is 0. The van der Waals surface area contributed by atoms with E-state index in [0.717, 1.165) is 0 Å². The molecule has 594 valence electrons. The van der Waals surface area contributed by atoms with Crippen LogP contribution in [0.25, 0.3) is 0 Å². The molecule has 2 heterocycles. The molecule has 2 bridgehead atoms. The molecule has 10 amide bonds. The number of pyridine rings is 1. The Hall–Kier alpha value is -9.78. The molecule has 1 aromatic heterocycles. The Labute approximate surface area is 621 Å². The van der Waals surface area contributed by atoms with Gasteiger partial charge in [-0.05, 0) is 112 Å². The number of fused-ring (bicyclic) bond motifs is 2. The number of benzene rings is 3. The van der Waals surface area contributed by atoms with Crippen molar-refractivity contribution < 1.29 is 119 Å². The van der Waals surface area contributed by atoms with Crippen molar-refractivity contribution in [1.29, 1.82) is 0 Å². The van der Waals surface area contributed by atoms with Crippen molar-refractivity contribution in [2.75, 3.05) is 128 Å². The molecule has 0 spiro atoms. The standard InChI is InChI=1S/C70H100N14O24/c1-2-52(90)7-9-60(96)41-21-43(62(98)74-30-54(92)37-86)26-49(24-41)79-69(107)72-14-11-58(66(102)103)83-19-17-82(16-4-13-71-68(106)81-51-28-45(64(100)76-32-56(94)39-88)23-46(29-51)65(101)77-33-57(95)40-89)18-20-84(35-48-6-3-5-47(34-83)78-48)59(67(104)105)12-15-73-70(108)80-50-25-42(61(97)10-8-53(91)36-85)22-44(27-50)63(99)75-31-55(93)38-87/h3,5-6,21-29,52-59,85-95H,2,4,7-20,30-40H2,1H3,(H,74,98)(H,75,99)(H,76,100)(H,77,101)(H,102,103)(H,104,105)(H2,71,81,106)(H2,72,79,107)(H2,73,80,108). The highest BCUT2D eigenvalue weighted by molar-refractivity contribution is 6.05. The summed E-state index contributed by atoms with van der Waals surface area (Å²) in [6, 6.07) is 10.9. The number of anilines is 3. The number of carboxylic acids is 2. The van der Waals surface area contributed by atoms with E-state index in [2.05, 4.69) is 53.2 Å². The second kappa shape index (κ2) is 46.4. The number of aromatic nitrogens is 1. The Morgan fingerprint density at radius 2 is 0.731 bits per heavy atom. The van der Waals surface area contributed by atoms with E-state index in [0.29, 0.717) is 17.8 Å². The lowest BCUT2D eigenvalue weighted by molar-refractivity contribution is -0.144. The van der Waals surface area contributed by atoms with Crippen LogP contribution >= 0.6 is 0 Å². The lowest BCUT2D eigenvalue weighted by Crippen LogP contribution is -2.49. The Morgan fingerprint density at radius 3 is 1.06 bits per heavy atom. The van der Waals surface area contributed by atoms with Crippen molar-refractivity contribution in [2.24, 2.45) is 0 Å². The molecule has 0 saturated carbocycles. The van der Waals surface area contributed by atoms with Crippen LogP contribution in [0.1, 0.15) is 132 Å². The van der Waals surface area contributed by atoms with Crippen molar-refractivity contribution in [3.05, 3.63) is 118 Å². The molecule has 5 rings (SSSR count). The molecule has 4 aromatic rings. The van der Waals surface area contributed by atoms with Crippen LogP contribution < -0.4 is 53.2 Å². The highest BCUT2D eigenvalue weighted by atomic mass is 16.4. The smallest absolute Gasteiger partial charge is 0.320 e. The minimum atomic E-state index is -1.32. The van der Waals surface area contributed by atoms with Crippen LogP contribution in [-0.4, -0.2) is 312 Å². The van der Waals surface area contributed by atoms with Crippen molar-refractivity contribution in [3.8, 4) is 0 Å². The van der Waals surface area contributed by atoms with Crippen LogP contribution in [0.15, 0.2) is 72.8 Å². The van der Waals surface area contributed by atoms with Gasteiger partial charge >= 0.3 is 30.0 Å². The number of aliphatic hydroxyl groups excluding tert-OH is 11. The molecule has 108 heavy (non-hydrogen) atoms. The van der Waals surface area contributed by atoms with Gasteiger partial charge in [0.2, 0.25) is 0 Å². The number of hydrogen-bond acceptors (Lipinski definition) is 26. The second-order valence-electron chi connectivity index (χ2n) is 25.6. The first kappa shape index (κ1) is 88.8. The third-order valence-electron chi connectivity index (χ3n) is 17.0. The molecular weight excluding hydrogens is 1420 g/mol. The van der Waals surface area contributed by atoms with Gasteiger partial charge in [-0.15, -0.1) is 0 Å². The molecule has 0 fully saturated rings. The van der Waals surface area contributed by atoms with Crippen molar-refractivity contribution in [2.45, 2.75) is 120 Å². The van der Waals surface area contributed by atoms with Gasteiger partial charge in [0.1, 0.15) is 12.1 Å². The summed E-state index contributed by atoms with van der Waals surface area (Å²) in [6.07, 6.45) is -7.51. The Bertz CT molecular complexity index is 3370. The number of rotatable bonds is 43. The van der Waals surface area contributed by atoms with Crippen LogP contribution in [0.3, 0.4) is 0 Å². The van der Waals surface area contributed by atoms with E-state index in [4.69, 9.17) is 4.98 Å². The number of carbonyl (C=O) groups is 11. The van der Waals surface area contributed by atoms with Gasteiger partial charge in [-0.3, -0.25) is 53.1 Å². The number of aliphatic carboxylic acids is 2. The van der Waals surface area contributed by atoms with Gasteiger partial charge in [-0.1, -0.05) is 13.0 Å². The first-order valence-electron chi connectivity index (χ1n) is 35.1. The quantitative estimate of drug-likeness (QED) is 0.0154. The normalized spacial score (nSPS) is 15.1. The number of amides is 10. The zero-order valence-electron chi connectivity index (χ0n) is 59.7. The van der Waals surface area contributed by atoms with Crippen molar-refractivity contribution >= 4 is 82.3 Å². The number of aliphatic hydroxyl groups is 11. The minimum Gasteiger partial charge on any atom is -0.480 e. The van der Waals surface area contributed by atoms with E-state index in [1.807, 2.05) is 4.90 Å². The van der Waals surface area contributed by atoms with Crippen molar-refractivity contribution in [1.82, 2.24) is 56.9 Å². The summed E-state index contributed by atoms with van der Waals surface area (Å²) in [7, 11) is 0. The summed E-state index contributed by atoms with van der Waals surface area (Å²) in [5, 5.41) is 153. The van der Waals surface area contributed by atoms with Crippen LogP contribution in [-0.2, 0) is 22.7 Å². The number of nitrogens with zero attached hydrogens (tertiary/aromatic N) is 4. The first-order chi connectivity index (χ1) is 51.5. The lowest BCUT2D eigenvalue weighted by Gasteiger charge is -2.35. The molecule has 8 unspecified atom stereocenters. The van der Waals surface area contributed by atoms with Crippen LogP contribution in [0.4, 0.5) is 31.4 Å². The van der Waals surface area contributed by atoms with Gasteiger partial charge in [0.25, 0.3) is 23.6 Å². The number of hydrogen-bond donors (Lipinski definition) is 23. The number of ketones is 2. The molecule has 1 aliphatic heterocycles. The van der Waals surface area contributed by atoms with Gasteiger partial charge in [0.05, 0.1) is 81.0 Å². The van der Waals surface area contributed by atoms with Gasteiger partial charge in [0.15, 0.2) is 11.6 Å². The molecule has 0 radical (unpaired) electrons. The van der Waals surface area contributed by atoms with Gasteiger partial charge in [-0.25, -0.2) is 14.4 Å². The van der Waals surface area contributed by atoms with Crippen LogP contribution in [0, 0.1) is 0 Å². The molecule has 23 N–H and O–H groups in total. The molecule has 1 aliphatic rings. The van der Waals surface area contributed by atoms with Crippen LogP contribution in [0.2, 0.25) is 0 Å². The molecule has 0 aliphatic carbocycles. The zero-order valence-corrected chi connectivity index (χ0v) is 59.7. The van der Waals surface area contributed by atoms with E-state index in [-0.39, 0.29) is 187 Å². The maximum atomic E-state index is 13.6. The molecule has 8 atom stereocenters. The highest BCUT2D eigenvalue weighted by Gasteiger charge is 2.31. The monoisotopic (exact) mass is 1520 g/mol. The maximum Gasteiger partial charge on any atom is 0.320 e. The predicted octanol–water partition coefficient (Wildman–Crippen LogP) is -3.08. The molecular formula is C70H100N14O24. The molecule has 38 nitrogen and oxygen atoms in total. The number of urea groups is 3. The second-order valence-corrected chi connectivity index (χ2v) is 25.6. The number of carboxylic acid groups (broad SMARTS) is 2. The minimum absolute atomic E-state index is 0.00131. The highest BCUT2D eigenvalue weighted by Crippen LogP contribution is 2.23. The average molecular weight is 1520 g/mol. The van der Waals surface area contributed by atoms with Crippen LogP contribution in [0.5, 0.6) is 0 Å². The fourth-order valence-corrected chi connectivity index (χ4v) is 10.9. The third kappa shape index (κ3) is 31.2. The Kier molecular flexibility index (Phi) is 38.2. The van der Waals surface area contributed by atoms with Crippen molar-refractivity contribution in [3.63, 3.8) is 0 Å². The lowest BCUT2D eigenvalue weighted by atomic mass is 10.0. The van der Waals surface area contributed by atoms with E-state index in [9.17, 15) is 119 Å². The summed E-state index contributed by atoms with van der Waals surface area (Å²) in [5.41, 5.74) is -0.0145. The van der Waals surface area contributed by atoms with Gasteiger partial charge < -0.3 is 124 Å². The fourth-order valence-electron chi connectivity index (χ4n) is 10.9. The maximum absolute atomic E-state index is 13.6. The summed E-state index contributed by atoms with van der Waals surface area (Å²) in [6.45, 7) is -3.46. The number of carbonyl (C=O) groups excluding carboxylic acids is 9. The fraction of sp³-hybridized carbons (Fsp3) is 0.514. The summed E-state index contributed by atoms with van der Waals surface area (Å²) >= 11 is 0. The largest absolute Gasteiger partial charge is 0.480 e. The zero-order chi connectivity index (χ0) is 79.4. The number of nitrogens with one attached hydrogen (secondary N) is 10. The SMILES string of the molecule is CCC(O)CCC(=O)c1cc(NC(=O)NCCC(C(=O)O)N2CCN(CCCNC(=O)Nc3cc(C(=O)NCC(O)CO)cc(C(=O)NCC(O)CO)c3)CCN(C(CCNC(=O)Nc3cc(C(=O)CCC(O)CO)cc(C(=O)NCC(O)CO)c3)C(=O)O)Cc3cccc(n3)C2)cc(C(=O)NCC(O)CO)c1. The Balaban J connectivity index is 1.40. The predicted molar refractivity (Wildman–Crippen MR) is 387 cm³/mol. The summed E-state index contributed by atoms with van der Waals surface area (Å²) in [5.74, 6) is -6.77. The van der Waals surface area contributed by atoms with Gasteiger partial charge in [0, 0.05) is 148 Å². The van der Waals surface area contributed by atoms with E-state index in [1.165, 1.54) is 54.6 Å². The topological polar surface area (TPSA) is 594 Å². The van der Waals surface area contributed by atoms with E-state index in [1.54, 1.807) is 34.9 Å². The first-order valence-corrected chi connectivity index (χ1v) is 35.1. The molecule has 3 aromatic carbocycles. The average Bonchev–Trinajstić information content (AvgIpc) is 0.844. The summed E-state index contributed by atoms with van der Waals surface area (Å²) in [4.78, 5) is 157. The van der Waals surface area contributed by atoms with Gasteiger partial charge in [-0.2, -0.15) is 0 Å². The van der Waals surface area contributed by atoms with E-state index < -0.39 is 147 Å². The molecule has 0 saturated heterocycles. The third-order valence-corrected chi connectivity index (χ3v) is 17.0. The van der Waals surface area contributed by atoms with E-state index >= 15 is 0 Å².